The van der Waals surface area contributed by atoms with E-state index in [9.17, 15) is 0 Å². The first-order chi connectivity index (χ1) is 10.4. The lowest BCUT2D eigenvalue weighted by atomic mass is 10.1. The maximum absolute atomic E-state index is 5.32. The maximum Gasteiger partial charge on any atom is 0.0961 e. The van der Waals surface area contributed by atoms with Crippen molar-refractivity contribution in [3.8, 4) is 0 Å². The molecule has 0 aromatic carbocycles. The third-order valence-corrected chi connectivity index (χ3v) is 3.32. The minimum atomic E-state index is 0.489. The van der Waals surface area contributed by atoms with Gasteiger partial charge in [0.2, 0.25) is 0 Å². The molecule has 0 bridgehead atoms. The summed E-state index contributed by atoms with van der Waals surface area (Å²) < 4.78 is 0. The highest BCUT2D eigenvalue weighted by atomic mass is 32.1. The van der Waals surface area contributed by atoms with Gasteiger partial charge in [-0.3, -0.25) is 0 Å². The Morgan fingerprint density at radius 1 is 0.864 bits per heavy atom. The average molecular weight is 343 g/mol. The topological polar surface area (TPSA) is 52.0 Å². The second-order valence-electron chi connectivity index (χ2n) is 5.50. The molecular weight excluding hydrogens is 308 g/mol. The Hall–Kier alpha value is -0.740. The van der Waals surface area contributed by atoms with Crippen molar-refractivity contribution in [1.82, 2.24) is 0 Å². The zero-order valence-electron chi connectivity index (χ0n) is 14.6. The summed E-state index contributed by atoms with van der Waals surface area (Å²) in [5.41, 5.74) is 11.9. The van der Waals surface area contributed by atoms with Crippen LogP contribution in [-0.2, 0) is 0 Å². The van der Waals surface area contributed by atoms with Crippen LogP contribution in [0.4, 0.5) is 0 Å². The summed E-state index contributed by atoms with van der Waals surface area (Å²) in [6.07, 6.45) is 17.0. The SMILES string of the molecule is CCCCC(C)=CC(N)=S.CCCCCCCC=CC(N)=S. The summed E-state index contributed by atoms with van der Waals surface area (Å²) in [6, 6.07) is 0. The van der Waals surface area contributed by atoms with Crippen molar-refractivity contribution in [2.75, 3.05) is 0 Å². The monoisotopic (exact) mass is 342 g/mol. The molecule has 4 heteroatoms. The molecule has 0 aliphatic heterocycles. The fourth-order valence-electron chi connectivity index (χ4n) is 1.84. The van der Waals surface area contributed by atoms with Crippen molar-refractivity contribution < 1.29 is 0 Å². The van der Waals surface area contributed by atoms with Crippen LogP contribution < -0.4 is 11.5 Å². The summed E-state index contributed by atoms with van der Waals surface area (Å²) >= 11 is 9.43. The van der Waals surface area contributed by atoms with Gasteiger partial charge in [0.05, 0.1) is 9.98 Å². The largest absolute Gasteiger partial charge is 0.390 e. The van der Waals surface area contributed by atoms with Gasteiger partial charge in [-0.2, -0.15) is 0 Å². The molecule has 0 aliphatic rings. The minimum absolute atomic E-state index is 0.489. The molecule has 0 saturated carbocycles. The Morgan fingerprint density at radius 3 is 1.95 bits per heavy atom. The van der Waals surface area contributed by atoms with E-state index in [0.717, 1.165) is 12.8 Å². The quantitative estimate of drug-likeness (QED) is 0.291. The highest BCUT2D eigenvalue weighted by molar-refractivity contribution is 7.80. The van der Waals surface area contributed by atoms with E-state index in [0.29, 0.717) is 9.98 Å². The van der Waals surface area contributed by atoms with Crippen molar-refractivity contribution in [1.29, 1.82) is 0 Å². The molecule has 0 amide bonds. The summed E-state index contributed by atoms with van der Waals surface area (Å²) in [5.74, 6) is 0. The Bertz CT molecular complexity index is 347. The van der Waals surface area contributed by atoms with Gasteiger partial charge in [-0.05, 0) is 44.8 Å². The first-order valence-corrected chi connectivity index (χ1v) is 9.18. The average Bonchev–Trinajstić information content (AvgIpc) is 2.44. The van der Waals surface area contributed by atoms with Crippen LogP contribution in [-0.4, -0.2) is 9.98 Å². The van der Waals surface area contributed by atoms with Crippen LogP contribution in [0, 0.1) is 0 Å². The first-order valence-electron chi connectivity index (χ1n) is 8.36. The van der Waals surface area contributed by atoms with Gasteiger partial charge in [-0.1, -0.05) is 82.0 Å². The van der Waals surface area contributed by atoms with Crippen LogP contribution in [0.15, 0.2) is 23.8 Å². The second-order valence-corrected chi connectivity index (χ2v) is 6.45. The Morgan fingerprint density at radius 2 is 1.45 bits per heavy atom. The van der Waals surface area contributed by atoms with Crippen molar-refractivity contribution >= 4 is 34.4 Å². The van der Waals surface area contributed by atoms with E-state index in [1.165, 1.54) is 50.5 Å². The van der Waals surface area contributed by atoms with E-state index < -0.39 is 0 Å². The number of hydrogen-bond acceptors (Lipinski definition) is 2. The van der Waals surface area contributed by atoms with E-state index in [1.54, 1.807) is 0 Å². The third-order valence-electron chi connectivity index (χ3n) is 3.07. The zero-order valence-corrected chi connectivity index (χ0v) is 16.2. The molecule has 0 atom stereocenters. The van der Waals surface area contributed by atoms with E-state index in [4.69, 9.17) is 35.9 Å². The van der Waals surface area contributed by atoms with Crippen LogP contribution in [0.25, 0.3) is 0 Å². The van der Waals surface area contributed by atoms with Gasteiger partial charge in [0.25, 0.3) is 0 Å². The molecule has 0 saturated heterocycles. The lowest BCUT2D eigenvalue weighted by molar-refractivity contribution is 0.637. The number of nitrogens with two attached hydrogens (primary N) is 2. The molecule has 128 valence electrons. The summed E-state index contributed by atoms with van der Waals surface area (Å²) in [4.78, 5) is 0.983. The van der Waals surface area contributed by atoms with E-state index in [-0.39, 0.29) is 0 Å². The molecule has 0 fully saturated rings. The number of allylic oxidation sites excluding steroid dienone is 2. The molecule has 22 heavy (non-hydrogen) atoms. The molecule has 0 spiro atoms. The molecule has 0 heterocycles. The first kappa shape index (κ1) is 23.5. The van der Waals surface area contributed by atoms with Crippen molar-refractivity contribution in [2.24, 2.45) is 11.5 Å². The van der Waals surface area contributed by atoms with Gasteiger partial charge in [0, 0.05) is 0 Å². The predicted molar refractivity (Wildman–Crippen MR) is 109 cm³/mol. The lowest BCUT2D eigenvalue weighted by Crippen LogP contribution is -2.03. The van der Waals surface area contributed by atoms with E-state index >= 15 is 0 Å². The molecule has 0 aromatic heterocycles. The van der Waals surface area contributed by atoms with Gasteiger partial charge in [-0.15, -0.1) is 0 Å². The molecule has 4 N–H and O–H groups in total. The van der Waals surface area contributed by atoms with E-state index in [1.807, 2.05) is 12.2 Å². The maximum atomic E-state index is 5.32. The highest BCUT2D eigenvalue weighted by Gasteiger charge is 1.89. The Balaban J connectivity index is 0. The van der Waals surface area contributed by atoms with Gasteiger partial charge < -0.3 is 11.5 Å². The standard InChI is InChI=1S/C10H19NS.C8H15NS/c1-2-3-4-5-6-7-8-9-10(11)12;1-3-4-5-7(2)6-8(9)10/h8-9H,2-7H2,1H3,(H2,11,12);6H,3-5H2,1-2H3,(H2,9,10). The molecule has 0 rings (SSSR count). The third kappa shape index (κ3) is 24.3. The number of unbranched alkanes of at least 4 members (excludes halogenated alkanes) is 6. The van der Waals surface area contributed by atoms with Gasteiger partial charge in [0.15, 0.2) is 0 Å². The number of thiocarbonyl (C=S) groups is 2. The molecule has 0 radical (unpaired) electrons. The zero-order chi connectivity index (χ0) is 17.2. The van der Waals surface area contributed by atoms with Crippen LogP contribution in [0.2, 0.25) is 0 Å². The van der Waals surface area contributed by atoms with Crippen LogP contribution in [0.1, 0.15) is 78.6 Å². The highest BCUT2D eigenvalue weighted by Crippen LogP contribution is 2.05. The summed E-state index contributed by atoms with van der Waals surface area (Å²) in [5, 5.41) is 0. The summed E-state index contributed by atoms with van der Waals surface area (Å²) in [6.45, 7) is 6.47. The van der Waals surface area contributed by atoms with Crippen molar-refractivity contribution in [3.63, 3.8) is 0 Å². The molecule has 0 aromatic rings. The smallest absolute Gasteiger partial charge is 0.0961 e. The normalized spacial score (nSPS) is 11.1. The Labute approximate surface area is 148 Å². The van der Waals surface area contributed by atoms with Gasteiger partial charge in [-0.25, -0.2) is 0 Å². The fourth-order valence-corrected chi connectivity index (χ4v) is 2.13. The van der Waals surface area contributed by atoms with Crippen LogP contribution in [0.5, 0.6) is 0 Å². The number of hydrogen-bond donors (Lipinski definition) is 2. The second kappa shape index (κ2) is 18.3. The minimum Gasteiger partial charge on any atom is -0.390 e. The molecule has 0 unspecified atom stereocenters. The molecular formula is C18H34N2S2. The predicted octanol–water partition coefficient (Wildman–Crippen LogP) is 5.60. The van der Waals surface area contributed by atoms with Crippen LogP contribution in [0.3, 0.4) is 0 Å². The number of rotatable bonds is 11. The molecule has 0 aliphatic carbocycles. The van der Waals surface area contributed by atoms with Crippen molar-refractivity contribution in [2.45, 2.75) is 78.6 Å². The van der Waals surface area contributed by atoms with Gasteiger partial charge in [0.1, 0.15) is 0 Å². The van der Waals surface area contributed by atoms with Crippen LogP contribution >= 0.6 is 24.4 Å². The lowest BCUT2D eigenvalue weighted by Gasteiger charge is -1.96. The van der Waals surface area contributed by atoms with E-state index in [2.05, 4.69) is 26.8 Å². The molecule has 2 nitrogen and oxygen atoms in total. The van der Waals surface area contributed by atoms with Gasteiger partial charge >= 0.3 is 0 Å². The summed E-state index contributed by atoms with van der Waals surface area (Å²) in [7, 11) is 0. The fraction of sp³-hybridized carbons (Fsp3) is 0.667. The van der Waals surface area contributed by atoms with Crippen molar-refractivity contribution in [3.05, 3.63) is 23.8 Å². The Kier molecular flexibility index (Phi) is 19.6.